The van der Waals surface area contributed by atoms with Gasteiger partial charge < -0.3 is 5.73 Å². The van der Waals surface area contributed by atoms with Crippen molar-refractivity contribution in [2.75, 3.05) is 0 Å². The first kappa shape index (κ1) is 8.43. The van der Waals surface area contributed by atoms with Gasteiger partial charge in [0, 0.05) is 0 Å². The van der Waals surface area contributed by atoms with Gasteiger partial charge in [-0.3, -0.25) is 4.79 Å². The number of aromatic nitrogens is 3. The zero-order valence-corrected chi connectivity index (χ0v) is 7.29. The van der Waals surface area contributed by atoms with Crippen LogP contribution in [-0.2, 0) is 0 Å². The van der Waals surface area contributed by atoms with E-state index in [0.717, 1.165) is 5.69 Å². The van der Waals surface area contributed by atoms with Crippen LogP contribution < -0.4 is 5.73 Å². The van der Waals surface area contributed by atoms with E-state index in [0.29, 0.717) is 0 Å². The summed E-state index contributed by atoms with van der Waals surface area (Å²) in [5, 5.41) is 3.91. The van der Waals surface area contributed by atoms with Crippen molar-refractivity contribution >= 4 is 5.91 Å². The van der Waals surface area contributed by atoms with Gasteiger partial charge in [-0.05, 0) is 12.1 Å². The van der Waals surface area contributed by atoms with Crippen LogP contribution in [0.25, 0.3) is 5.69 Å². The summed E-state index contributed by atoms with van der Waals surface area (Å²) in [6.45, 7) is 0. The Morgan fingerprint density at radius 3 is 2.64 bits per heavy atom. The van der Waals surface area contributed by atoms with Gasteiger partial charge in [0.25, 0.3) is 5.91 Å². The Balaban J connectivity index is 2.52. The predicted molar refractivity (Wildman–Crippen MR) is 49.9 cm³/mol. The van der Waals surface area contributed by atoms with Crippen LogP contribution in [0.2, 0.25) is 0 Å². The van der Waals surface area contributed by atoms with Gasteiger partial charge in [0.15, 0.2) is 0 Å². The third-order valence-corrected chi connectivity index (χ3v) is 1.77. The lowest BCUT2D eigenvalue weighted by Gasteiger charge is -2.01. The summed E-state index contributed by atoms with van der Waals surface area (Å²) in [5.74, 6) is -0.456. The van der Waals surface area contributed by atoms with Gasteiger partial charge in [-0.15, -0.1) is 0 Å². The van der Waals surface area contributed by atoms with Crippen molar-refractivity contribution in [3.05, 3.63) is 42.5 Å². The molecule has 5 heteroatoms. The summed E-state index contributed by atoms with van der Waals surface area (Å²) in [6, 6.07) is 9.22. The molecule has 5 nitrogen and oxygen atoms in total. The maximum Gasteiger partial charge on any atom is 0.286 e. The standard InChI is InChI=1S/C9H8N4O/c10-8(14)9-11-6-12-13(9)7-4-2-1-3-5-7/h1-6H,(H2,10,14). The van der Waals surface area contributed by atoms with E-state index in [9.17, 15) is 4.79 Å². The van der Waals surface area contributed by atoms with Crippen LogP contribution >= 0.6 is 0 Å². The molecule has 0 saturated carbocycles. The topological polar surface area (TPSA) is 73.8 Å². The second kappa shape index (κ2) is 3.29. The highest BCUT2D eigenvalue weighted by Gasteiger charge is 2.10. The van der Waals surface area contributed by atoms with Crippen LogP contribution in [0.4, 0.5) is 0 Å². The minimum atomic E-state index is -0.591. The second-order valence-electron chi connectivity index (χ2n) is 2.70. The van der Waals surface area contributed by atoms with Crippen molar-refractivity contribution in [1.29, 1.82) is 0 Å². The molecule has 0 spiro atoms. The molecule has 2 rings (SSSR count). The number of rotatable bonds is 2. The molecule has 2 aromatic rings. The first-order chi connectivity index (χ1) is 6.79. The molecule has 1 aromatic carbocycles. The molecule has 0 fully saturated rings. The molecule has 1 amide bonds. The number of nitrogens with zero attached hydrogens (tertiary/aromatic N) is 3. The molecule has 0 atom stereocenters. The lowest BCUT2D eigenvalue weighted by molar-refractivity contribution is 0.0988. The van der Waals surface area contributed by atoms with Crippen LogP contribution in [0.3, 0.4) is 0 Å². The average Bonchev–Trinajstić information content (AvgIpc) is 2.67. The van der Waals surface area contributed by atoms with Crippen molar-refractivity contribution in [2.45, 2.75) is 0 Å². The molecule has 0 saturated heterocycles. The molecular weight excluding hydrogens is 180 g/mol. The minimum Gasteiger partial charge on any atom is -0.363 e. The highest BCUT2D eigenvalue weighted by Crippen LogP contribution is 2.06. The van der Waals surface area contributed by atoms with Crippen LogP contribution in [0.15, 0.2) is 36.7 Å². The summed E-state index contributed by atoms with van der Waals surface area (Å²) in [7, 11) is 0. The van der Waals surface area contributed by atoms with Crippen molar-refractivity contribution in [2.24, 2.45) is 5.73 Å². The van der Waals surface area contributed by atoms with Crippen LogP contribution in [0, 0.1) is 0 Å². The number of nitrogens with two attached hydrogens (primary N) is 1. The van der Waals surface area contributed by atoms with Crippen molar-refractivity contribution < 1.29 is 4.79 Å². The van der Waals surface area contributed by atoms with Gasteiger partial charge in [-0.2, -0.15) is 5.10 Å². The van der Waals surface area contributed by atoms with E-state index in [-0.39, 0.29) is 5.82 Å². The third kappa shape index (κ3) is 1.35. The number of primary amides is 1. The number of carbonyl (C=O) groups excluding carboxylic acids is 1. The van der Waals surface area contributed by atoms with E-state index in [2.05, 4.69) is 10.1 Å². The Labute approximate surface area is 80.2 Å². The van der Waals surface area contributed by atoms with Crippen LogP contribution in [0.1, 0.15) is 10.6 Å². The van der Waals surface area contributed by atoms with Gasteiger partial charge in [-0.1, -0.05) is 18.2 Å². The first-order valence-corrected chi connectivity index (χ1v) is 4.04. The Kier molecular flexibility index (Phi) is 1.98. The average molecular weight is 188 g/mol. The predicted octanol–water partition coefficient (Wildman–Crippen LogP) is 0.366. The number of hydrogen-bond donors (Lipinski definition) is 1. The van der Waals surface area contributed by atoms with Gasteiger partial charge >= 0.3 is 0 Å². The summed E-state index contributed by atoms with van der Waals surface area (Å²) < 4.78 is 1.41. The Morgan fingerprint density at radius 1 is 1.29 bits per heavy atom. The first-order valence-electron chi connectivity index (χ1n) is 4.04. The quantitative estimate of drug-likeness (QED) is 0.739. The Bertz CT molecular complexity index is 449. The Morgan fingerprint density at radius 2 is 2.00 bits per heavy atom. The van der Waals surface area contributed by atoms with E-state index < -0.39 is 5.91 Å². The third-order valence-electron chi connectivity index (χ3n) is 1.77. The molecule has 0 aliphatic heterocycles. The normalized spacial score (nSPS) is 10.0. The maximum atomic E-state index is 11.0. The lowest BCUT2D eigenvalue weighted by atomic mass is 10.3. The molecule has 1 aromatic heterocycles. The number of amides is 1. The van der Waals surface area contributed by atoms with Gasteiger partial charge in [-0.25, -0.2) is 9.67 Å². The van der Waals surface area contributed by atoms with E-state index in [4.69, 9.17) is 5.73 Å². The van der Waals surface area contributed by atoms with E-state index in [1.165, 1.54) is 11.0 Å². The molecule has 0 unspecified atom stereocenters. The number of benzene rings is 1. The highest BCUT2D eigenvalue weighted by molar-refractivity contribution is 5.89. The summed E-state index contributed by atoms with van der Waals surface area (Å²) in [4.78, 5) is 14.7. The zero-order valence-electron chi connectivity index (χ0n) is 7.29. The fraction of sp³-hybridized carbons (Fsp3) is 0. The van der Waals surface area contributed by atoms with Crippen molar-refractivity contribution in [1.82, 2.24) is 14.8 Å². The van der Waals surface area contributed by atoms with Gasteiger partial charge in [0.1, 0.15) is 6.33 Å². The molecule has 70 valence electrons. The minimum absolute atomic E-state index is 0.135. The number of hydrogen-bond acceptors (Lipinski definition) is 3. The van der Waals surface area contributed by atoms with E-state index in [1.54, 1.807) is 0 Å². The molecule has 0 aliphatic carbocycles. The van der Waals surface area contributed by atoms with Crippen molar-refractivity contribution in [3.8, 4) is 5.69 Å². The summed E-state index contributed by atoms with van der Waals surface area (Å²) in [6.07, 6.45) is 1.30. The fourth-order valence-electron chi connectivity index (χ4n) is 1.17. The van der Waals surface area contributed by atoms with Gasteiger partial charge in [0.2, 0.25) is 5.82 Å². The molecule has 0 radical (unpaired) electrons. The second-order valence-corrected chi connectivity index (χ2v) is 2.70. The van der Waals surface area contributed by atoms with Gasteiger partial charge in [0.05, 0.1) is 5.69 Å². The van der Waals surface area contributed by atoms with E-state index >= 15 is 0 Å². The molecule has 0 bridgehead atoms. The van der Waals surface area contributed by atoms with Crippen molar-refractivity contribution in [3.63, 3.8) is 0 Å². The Hall–Kier alpha value is -2.17. The smallest absolute Gasteiger partial charge is 0.286 e. The zero-order chi connectivity index (χ0) is 9.97. The van der Waals surface area contributed by atoms with Crippen LogP contribution in [-0.4, -0.2) is 20.7 Å². The molecule has 0 aliphatic rings. The SMILES string of the molecule is NC(=O)c1ncnn1-c1ccccc1. The number of para-hydroxylation sites is 1. The number of carbonyl (C=O) groups is 1. The lowest BCUT2D eigenvalue weighted by Crippen LogP contribution is -2.17. The summed E-state index contributed by atoms with van der Waals surface area (Å²) in [5.41, 5.74) is 5.90. The summed E-state index contributed by atoms with van der Waals surface area (Å²) >= 11 is 0. The molecule has 1 heterocycles. The largest absolute Gasteiger partial charge is 0.363 e. The fourth-order valence-corrected chi connectivity index (χ4v) is 1.17. The van der Waals surface area contributed by atoms with Crippen LogP contribution in [0.5, 0.6) is 0 Å². The molecule has 2 N–H and O–H groups in total. The molecule has 14 heavy (non-hydrogen) atoms. The maximum absolute atomic E-state index is 11.0. The monoisotopic (exact) mass is 188 g/mol. The van der Waals surface area contributed by atoms with E-state index in [1.807, 2.05) is 30.3 Å². The highest BCUT2D eigenvalue weighted by atomic mass is 16.1. The molecular formula is C9H8N4O.